The van der Waals surface area contributed by atoms with Crippen molar-refractivity contribution >= 4 is 0 Å². The van der Waals surface area contributed by atoms with Crippen LogP contribution in [0.4, 0.5) is 0 Å². The van der Waals surface area contributed by atoms with Crippen molar-refractivity contribution in [3.05, 3.63) is 0 Å². The monoisotopic (exact) mass is 176 g/mol. The first-order valence-electron chi connectivity index (χ1n) is 6.29. The van der Waals surface area contributed by atoms with Gasteiger partial charge in [-0.15, -0.1) is 0 Å². The Morgan fingerprint density at radius 2 is 2.08 bits per heavy atom. The van der Waals surface area contributed by atoms with Crippen molar-refractivity contribution < 1.29 is 0 Å². The summed E-state index contributed by atoms with van der Waals surface area (Å²) in [5.74, 6) is 7.03. The van der Waals surface area contributed by atoms with E-state index in [-0.39, 0.29) is 0 Å². The third-order valence-corrected chi connectivity index (χ3v) is 6.26. The second kappa shape index (κ2) is 1.85. The smallest absolute Gasteiger partial charge is 0.0204 e. The first kappa shape index (κ1) is 7.31. The molecule has 0 aliphatic heterocycles. The van der Waals surface area contributed by atoms with E-state index in [1.54, 1.807) is 19.3 Å². The van der Waals surface area contributed by atoms with Crippen LogP contribution in [0.2, 0.25) is 0 Å². The van der Waals surface area contributed by atoms with E-state index in [1.165, 1.54) is 30.1 Å². The van der Waals surface area contributed by atoms with Crippen molar-refractivity contribution in [2.45, 2.75) is 39.5 Å². The molecular weight excluding hydrogens is 156 g/mol. The van der Waals surface area contributed by atoms with Crippen molar-refractivity contribution in [1.82, 2.24) is 0 Å². The van der Waals surface area contributed by atoms with Gasteiger partial charge in [0.15, 0.2) is 0 Å². The summed E-state index contributed by atoms with van der Waals surface area (Å²) in [7, 11) is 0. The predicted molar refractivity (Wildman–Crippen MR) is 53.2 cm³/mol. The van der Waals surface area contributed by atoms with Gasteiger partial charge in [-0.3, -0.25) is 0 Å². The summed E-state index contributed by atoms with van der Waals surface area (Å²) >= 11 is 0. The lowest BCUT2D eigenvalue weighted by molar-refractivity contribution is -0.0337. The van der Waals surface area contributed by atoms with E-state index in [4.69, 9.17) is 0 Å². The number of hydrogen-bond acceptors (Lipinski definition) is 0. The maximum atomic E-state index is 2.56. The molecule has 0 radical (unpaired) electrons. The molecule has 4 rings (SSSR count). The van der Waals surface area contributed by atoms with E-state index in [0.717, 1.165) is 17.3 Å². The third kappa shape index (κ3) is 0.593. The molecule has 4 aliphatic rings. The van der Waals surface area contributed by atoms with Gasteiger partial charge in [-0.1, -0.05) is 20.3 Å². The average molecular weight is 176 g/mol. The molecule has 0 nitrogen and oxygen atoms in total. The predicted octanol–water partition coefficient (Wildman–Crippen LogP) is 3.32. The second-order valence-corrected chi connectivity index (χ2v) is 6.29. The van der Waals surface area contributed by atoms with E-state index in [2.05, 4.69) is 13.8 Å². The van der Waals surface area contributed by atoms with Crippen LogP contribution in [0.3, 0.4) is 0 Å². The zero-order chi connectivity index (χ0) is 8.79. The summed E-state index contributed by atoms with van der Waals surface area (Å²) < 4.78 is 0. The molecule has 1 spiro atoms. The maximum Gasteiger partial charge on any atom is -0.0204 e. The average Bonchev–Trinajstić information content (AvgIpc) is 3.01. The fourth-order valence-electron chi connectivity index (χ4n) is 5.64. The Labute approximate surface area is 81.1 Å². The van der Waals surface area contributed by atoms with Crippen LogP contribution in [0.5, 0.6) is 0 Å². The van der Waals surface area contributed by atoms with Crippen LogP contribution >= 0.6 is 0 Å². The normalized spacial score (nSPS) is 71.5. The lowest BCUT2D eigenvalue weighted by atomic mass is 9.53. The summed E-state index contributed by atoms with van der Waals surface area (Å²) in [6.07, 6.45) is 6.33. The van der Waals surface area contributed by atoms with Crippen LogP contribution in [0.15, 0.2) is 0 Å². The third-order valence-electron chi connectivity index (χ3n) is 6.26. The zero-order valence-electron chi connectivity index (χ0n) is 8.79. The van der Waals surface area contributed by atoms with Crippen molar-refractivity contribution in [2.24, 2.45) is 40.9 Å². The molecular formula is C13H20. The summed E-state index contributed by atoms with van der Waals surface area (Å²) in [6.45, 7) is 5.00. The van der Waals surface area contributed by atoms with Crippen LogP contribution in [-0.2, 0) is 0 Å². The highest BCUT2D eigenvalue weighted by Gasteiger charge is 2.76. The first-order valence-corrected chi connectivity index (χ1v) is 6.29. The van der Waals surface area contributed by atoms with Crippen molar-refractivity contribution in [1.29, 1.82) is 0 Å². The maximum absolute atomic E-state index is 2.56. The highest BCUT2D eigenvalue weighted by molar-refractivity contribution is 5.24. The molecule has 72 valence electrons. The molecule has 7 atom stereocenters. The molecule has 0 saturated heterocycles. The van der Waals surface area contributed by atoms with Gasteiger partial charge in [0.1, 0.15) is 0 Å². The molecule has 4 saturated carbocycles. The lowest BCUT2D eigenvalue weighted by Crippen LogP contribution is -2.46. The minimum atomic E-state index is 0.896. The van der Waals surface area contributed by atoms with E-state index in [1.807, 2.05) is 0 Å². The Kier molecular flexibility index (Phi) is 1.04. The molecule has 4 fully saturated rings. The van der Waals surface area contributed by atoms with Crippen molar-refractivity contribution in [3.63, 3.8) is 0 Å². The fraction of sp³-hybridized carbons (Fsp3) is 1.00. The Hall–Kier alpha value is 0. The van der Waals surface area contributed by atoms with Gasteiger partial charge in [0, 0.05) is 0 Å². The lowest BCUT2D eigenvalue weighted by Gasteiger charge is -2.51. The van der Waals surface area contributed by atoms with Crippen LogP contribution in [0, 0.1) is 40.9 Å². The topological polar surface area (TPSA) is 0 Å². The van der Waals surface area contributed by atoms with Gasteiger partial charge in [0.05, 0.1) is 0 Å². The standard InChI is InChI=1S/C13H20/c1-3-11-10-4-8(10)6-13(11)7(2)9-5-12(9)13/h7-12H,3-6H2,1-2H3. The molecule has 7 unspecified atom stereocenters. The molecule has 0 bridgehead atoms. The largest absolute Gasteiger partial charge is 0.0651 e. The Bertz CT molecular complexity index is 269. The Morgan fingerprint density at radius 1 is 1.23 bits per heavy atom. The first-order chi connectivity index (χ1) is 6.29. The van der Waals surface area contributed by atoms with E-state index in [0.29, 0.717) is 0 Å². The molecule has 0 heterocycles. The quantitative estimate of drug-likeness (QED) is 0.575. The van der Waals surface area contributed by atoms with E-state index in [9.17, 15) is 0 Å². The number of rotatable bonds is 1. The van der Waals surface area contributed by atoms with Gasteiger partial charge in [0.2, 0.25) is 0 Å². The molecule has 0 heteroatoms. The van der Waals surface area contributed by atoms with Crippen LogP contribution in [0.25, 0.3) is 0 Å². The second-order valence-electron chi connectivity index (χ2n) is 6.29. The van der Waals surface area contributed by atoms with Gasteiger partial charge in [0.25, 0.3) is 0 Å². The summed E-state index contributed by atoms with van der Waals surface area (Å²) in [6, 6.07) is 0. The highest BCUT2D eigenvalue weighted by atomic mass is 14.8. The molecule has 0 aromatic rings. The fourth-order valence-corrected chi connectivity index (χ4v) is 5.64. The zero-order valence-corrected chi connectivity index (χ0v) is 8.79. The molecule has 0 N–H and O–H groups in total. The number of fused-ring (bicyclic) bond motifs is 3. The van der Waals surface area contributed by atoms with Gasteiger partial charge < -0.3 is 0 Å². The van der Waals surface area contributed by atoms with E-state index >= 15 is 0 Å². The molecule has 0 aromatic heterocycles. The SMILES string of the molecule is CCC1C2CC2CC12C(C)C1CC12. The van der Waals surface area contributed by atoms with Crippen LogP contribution in [0.1, 0.15) is 39.5 Å². The summed E-state index contributed by atoms with van der Waals surface area (Å²) in [4.78, 5) is 0. The van der Waals surface area contributed by atoms with Crippen molar-refractivity contribution in [3.8, 4) is 0 Å². The van der Waals surface area contributed by atoms with Gasteiger partial charge in [-0.2, -0.15) is 0 Å². The molecule has 0 aromatic carbocycles. The van der Waals surface area contributed by atoms with Gasteiger partial charge >= 0.3 is 0 Å². The van der Waals surface area contributed by atoms with E-state index < -0.39 is 0 Å². The molecule has 0 amide bonds. The summed E-state index contributed by atoms with van der Waals surface area (Å²) in [5, 5.41) is 0. The summed E-state index contributed by atoms with van der Waals surface area (Å²) in [5.41, 5.74) is 0.896. The highest BCUT2D eigenvalue weighted by Crippen LogP contribution is 2.83. The molecule has 4 aliphatic carbocycles. The number of hydrogen-bond donors (Lipinski definition) is 0. The van der Waals surface area contributed by atoms with Gasteiger partial charge in [-0.05, 0) is 60.2 Å². The Balaban J connectivity index is 1.72. The minimum absolute atomic E-state index is 0.896. The van der Waals surface area contributed by atoms with Crippen LogP contribution < -0.4 is 0 Å². The van der Waals surface area contributed by atoms with Crippen molar-refractivity contribution in [2.75, 3.05) is 0 Å². The molecule has 13 heavy (non-hydrogen) atoms. The minimum Gasteiger partial charge on any atom is -0.0651 e. The van der Waals surface area contributed by atoms with Gasteiger partial charge in [-0.25, -0.2) is 0 Å². The van der Waals surface area contributed by atoms with Crippen LogP contribution in [-0.4, -0.2) is 0 Å². The Morgan fingerprint density at radius 3 is 2.69 bits per heavy atom.